The van der Waals surface area contributed by atoms with Crippen LogP contribution in [0, 0.1) is 6.92 Å². The van der Waals surface area contributed by atoms with Gasteiger partial charge in [-0.05, 0) is 44.0 Å². The maximum absolute atomic E-state index is 13.1. The number of carbonyl (C=O) groups is 2. The molecule has 0 unspecified atom stereocenters. The molecule has 33 heavy (non-hydrogen) atoms. The largest absolute Gasteiger partial charge is 0.497 e. The third-order valence-corrected chi connectivity index (χ3v) is 7.16. The molecule has 2 fully saturated rings. The highest BCUT2D eigenvalue weighted by molar-refractivity contribution is 7.99. The van der Waals surface area contributed by atoms with Gasteiger partial charge in [-0.2, -0.15) is 0 Å². The van der Waals surface area contributed by atoms with Crippen LogP contribution >= 0.6 is 11.8 Å². The topological polar surface area (TPSA) is 72.0 Å². The van der Waals surface area contributed by atoms with Crippen molar-refractivity contribution in [2.24, 2.45) is 0 Å². The van der Waals surface area contributed by atoms with Crippen LogP contribution in [0.1, 0.15) is 46.9 Å². The maximum atomic E-state index is 13.1. The Morgan fingerprint density at radius 1 is 1.09 bits per heavy atom. The van der Waals surface area contributed by atoms with Gasteiger partial charge in [0.1, 0.15) is 11.5 Å². The lowest BCUT2D eigenvalue weighted by molar-refractivity contribution is -0.132. The number of benzene rings is 1. The quantitative estimate of drug-likeness (QED) is 0.616. The van der Waals surface area contributed by atoms with Gasteiger partial charge >= 0.3 is 0 Å². The number of hydrogen-bond donors (Lipinski definition) is 0. The summed E-state index contributed by atoms with van der Waals surface area (Å²) in [5.41, 5.74) is 2.54. The van der Waals surface area contributed by atoms with Crippen LogP contribution in [0.3, 0.4) is 0 Å². The Kier molecular flexibility index (Phi) is 7.75. The fraction of sp³-hybridized carbons (Fsp3) is 0.480. The number of hydrogen-bond acceptors (Lipinski definition) is 6. The number of carbonyl (C=O) groups excluding carboxylic acids is 2. The number of nitrogens with zero attached hydrogens (tertiary/aromatic N) is 3. The van der Waals surface area contributed by atoms with Gasteiger partial charge in [0.15, 0.2) is 0 Å². The normalized spacial score (nSPS) is 16.7. The third kappa shape index (κ3) is 5.79. The predicted molar refractivity (Wildman–Crippen MR) is 129 cm³/mol. The summed E-state index contributed by atoms with van der Waals surface area (Å²) in [6.45, 7) is 4.43. The van der Waals surface area contributed by atoms with E-state index in [4.69, 9.17) is 14.5 Å². The summed E-state index contributed by atoms with van der Waals surface area (Å²) >= 11 is 1.78. The molecule has 0 spiro atoms. The molecule has 1 aromatic heterocycles. The van der Waals surface area contributed by atoms with E-state index in [-0.39, 0.29) is 17.7 Å². The summed E-state index contributed by atoms with van der Waals surface area (Å²) < 4.78 is 10.9. The number of aryl methyl sites for hydroxylation is 1. The Labute approximate surface area is 199 Å². The number of aromatic nitrogens is 1. The fourth-order valence-corrected chi connectivity index (χ4v) is 5.27. The molecule has 1 aromatic carbocycles. The lowest BCUT2D eigenvalue weighted by Crippen LogP contribution is -2.39. The highest BCUT2D eigenvalue weighted by atomic mass is 32.2. The summed E-state index contributed by atoms with van der Waals surface area (Å²) in [4.78, 5) is 34.3. The molecule has 7 nitrogen and oxygen atoms in total. The van der Waals surface area contributed by atoms with Crippen LogP contribution in [-0.2, 0) is 4.79 Å². The Morgan fingerprint density at radius 2 is 1.88 bits per heavy atom. The highest BCUT2D eigenvalue weighted by Gasteiger charge is 2.30. The molecule has 8 heteroatoms. The minimum Gasteiger partial charge on any atom is -0.497 e. The molecule has 2 aliphatic heterocycles. The van der Waals surface area contributed by atoms with Gasteiger partial charge in [-0.25, -0.2) is 0 Å². The number of methoxy groups -OCH3 is 1. The van der Waals surface area contributed by atoms with E-state index in [9.17, 15) is 9.59 Å². The van der Waals surface area contributed by atoms with Gasteiger partial charge in [0.05, 0.1) is 37.3 Å². The summed E-state index contributed by atoms with van der Waals surface area (Å²) in [5.74, 6) is 3.53. The van der Waals surface area contributed by atoms with E-state index in [1.807, 2.05) is 53.1 Å². The SMILES string of the molecule is COc1cccc(OCCC(=O)N2CCC(c3nc(C)ccc3C(=O)N3CCSC3)CC2)c1. The van der Waals surface area contributed by atoms with Crippen LogP contribution < -0.4 is 9.47 Å². The molecule has 4 rings (SSSR count). The zero-order chi connectivity index (χ0) is 23.2. The van der Waals surface area contributed by atoms with E-state index < -0.39 is 0 Å². The molecule has 2 amide bonds. The zero-order valence-electron chi connectivity index (χ0n) is 19.3. The first kappa shape index (κ1) is 23.4. The molecule has 3 heterocycles. The second kappa shape index (κ2) is 10.9. The van der Waals surface area contributed by atoms with Crippen molar-refractivity contribution in [1.29, 1.82) is 0 Å². The second-order valence-corrected chi connectivity index (χ2v) is 9.50. The van der Waals surface area contributed by atoms with Crippen molar-refractivity contribution in [3.05, 3.63) is 53.3 Å². The lowest BCUT2D eigenvalue weighted by atomic mass is 9.89. The average molecular weight is 470 g/mol. The van der Waals surface area contributed by atoms with Gasteiger partial charge in [0.25, 0.3) is 5.91 Å². The van der Waals surface area contributed by atoms with E-state index >= 15 is 0 Å². The van der Waals surface area contributed by atoms with Crippen LogP contribution in [-0.4, -0.2) is 71.6 Å². The van der Waals surface area contributed by atoms with E-state index in [1.54, 1.807) is 18.9 Å². The van der Waals surface area contributed by atoms with Gasteiger partial charge in [-0.3, -0.25) is 14.6 Å². The van der Waals surface area contributed by atoms with Crippen molar-refractivity contribution >= 4 is 23.6 Å². The maximum Gasteiger partial charge on any atom is 0.256 e. The number of likely N-dealkylation sites (tertiary alicyclic amines) is 1. The number of piperidine rings is 1. The first-order chi connectivity index (χ1) is 16.0. The second-order valence-electron chi connectivity index (χ2n) is 8.42. The molecule has 2 saturated heterocycles. The third-order valence-electron chi connectivity index (χ3n) is 6.19. The summed E-state index contributed by atoms with van der Waals surface area (Å²) in [5, 5.41) is 0. The van der Waals surface area contributed by atoms with E-state index in [2.05, 4.69) is 0 Å². The van der Waals surface area contributed by atoms with Crippen molar-refractivity contribution in [3.8, 4) is 11.5 Å². The molecule has 0 radical (unpaired) electrons. The van der Waals surface area contributed by atoms with Crippen molar-refractivity contribution < 1.29 is 19.1 Å². The standard InChI is InChI=1S/C25H31N3O4S/c1-18-6-7-22(25(30)28-13-15-33-17-28)24(26-18)19-8-11-27(12-9-19)23(29)10-14-32-21-5-3-4-20(16-21)31-2/h3-7,16,19H,8-15,17H2,1-2H3. The van der Waals surface area contributed by atoms with Crippen LogP contribution in [0.2, 0.25) is 0 Å². The van der Waals surface area contributed by atoms with Gasteiger partial charge < -0.3 is 19.3 Å². The van der Waals surface area contributed by atoms with Crippen LogP contribution in [0.4, 0.5) is 0 Å². The van der Waals surface area contributed by atoms with Crippen molar-refractivity contribution in [2.75, 3.05) is 45.0 Å². The molecule has 0 bridgehead atoms. The number of amides is 2. The molecule has 176 valence electrons. The molecule has 2 aromatic rings. The van der Waals surface area contributed by atoms with Crippen molar-refractivity contribution in [1.82, 2.24) is 14.8 Å². The molecular weight excluding hydrogens is 438 g/mol. The fourth-order valence-electron chi connectivity index (χ4n) is 4.32. The molecular formula is C25H31N3O4S. The number of rotatable bonds is 7. The van der Waals surface area contributed by atoms with E-state index in [1.165, 1.54) is 0 Å². The molecule has 2 aliphatic rings. The monoisotopic (exact) mass is 469 g/mol. The van der Waals surface area contributed by atoms with Crippen LogP contribution in [0.25, 0.3) is 0 Å². The van der Waals surface area contributed by atoms with Gasteiger partial charge in [-0.15, -0.1) is 11.8 Å². The molecule has 0 saturated carbocycles. The summed E-state index contributed by atoms with van der Waals surface area (Å²) in [7, 11) is 1.61. The Hall–Kier alpha value is -2.74. The van der Waals surface area contributed by atoms with Crippen LogP contribution in [0.5, 0.6) is 11.5 Å². The average Bonchev–Trinajstić information content (AvgIpc) is 3.39. The van der Waals surface area contributed by atoms with E-state index in [0.29, 0.717) is 31.9 Å². The summed E-state index contributed by atoms with van der Waals surface area (Å²) in [6, 6.07) is 11.2. The molecule has 0 N–H and O–H groups in total. The number of thioether (sulfide) groups is 1. The Bertz CT molecular complexity index is 985. The molecule has 0 atom stereocenters. The predicted octanol–water partition coefficient (Wildman–Crippen LogP) is 3.72. The van der Waals surface area contributed by atoms with E-state index in [0.717, 1.165) is 53.7 Å². The Balaban J connectivity index is 1.31. The smallest absolute Gasteiger partial charge is 0.256 e. The van der Waals surface area contributed by atoms with Crippen molar-refractivity contribution in [2.45, 2.75) is 32.1 Å². The van der Waals surface area contributed by atoms with Gasteiger partial charge in [0.2, 0.25) is 5.91 Å². The zero-order valence-corrected chi connectivity index (χ0v) is 20.1. The lowest BCUT2D eigenvalue weighted by Gasteiger charge is -2.33. The number of pyridine rings is 1. The van der Waals surface area contributed by atoms with Gasteiger partial charge in [-0.1, -0.05) is 6.07 Å². The molecule has 0 aliphatic carbocycles. The first-order valence-corrected chi connectivity index (χ1v) is 12.6. The first-order valence-electron chi connectivity index (χ1n) is 11.4. The number of ether oxygens (including phenoxy) is 2. The summed E-state index contributed by atoms with van der Waals surface area (Å²) in [6.07, 6.45) is 1.96. The Morgan fingerprint density at radius 3 is 2.61 bits per heavy atom. The minimum absolute atomic E-state index is 0.0793. The van der Waals surface area contributed by atoms with Crippen LogP contribution in [0.15, 0.2) is 36.4 Å². The highest BCUT2D eigenvalue weighted by Crippen LogP contribution is 2.31. The van der Waals surface area contributed by atoms with Gasteiger partial charge in [0, 0.05) is 43.1 Å². The van der Waals surface area contributed by atoms with Crippen molar-refractivity contribution in [3.63, 3.8) is 0 Å². The minimum atomic E-state index is 0.0793.